The van der Waals surface area contributed by atoms with E-state index in [1.165, 1.54) is 16.7 Å². The Hall–Kier alpha value is -3.88. The summed E-state index contributed by atoms with van der Waals surface area (Å²) in [6.45, 7) is 0. The number of aromatic nitrogens is 2. The summed E-state index contributed by atoms with van der Waals surface area (Å²) in [4.78, 5) is 51.0. The predicted octanol–water partition coefficient (Wildman–Crippen LogP) is 3.74. The first-order valence-corrected chi connectivity index (χ1v) is 11.7. The van der Waals surface area contributed by atoms with Gasteiger partial charge in [0.1, 0.15) is 5.54 Å². The van der Waals surface area contributed by atoms with Crippen molar-refractivity contribution in [3.05, 3.63) is 109 Å². The van der Waals surface area contributed by atoms with E-state index in [2.05, 4.69) is 5.32 Å². The van der Waals surface area contributed by atoms with Gasteiger partial charge in [-0.25, -0.2) is 14.2 Å². The van der Waals surface area contributed by atoms with Crippen molar-refractivity contribution in [2.45, 2.75) is 17.9 Å². The summed E-state index contributed by atoms with van der Waals surface area (Å²) in [6.07, 6.45) is 0.160. The molecule has 2 atom stereocenters. The van der Waals surface area contributed by atoms with Crippen molar-refractivity contribution in [3.63, 3.8) is 0 Å². The summed E-state index contributed by atoms with van der Waals surface area (Å²) in [5, 5.41) is 13.2. The van der Waals surface area contributed by atoms with Gasteiger partial charge >= 0.3 is 11.7 Å². The van der Waals surface area contributed by atoms with Gasteiger partial charge in [0.05, 0.1) is 32.2 Å². The Morgan fingerprint density at radius 1 is 0.972 bits per heavy atom. The van der Waals surface area contributed by atoms with Crippen molar-refractivity contribution in [1.82, 2.24) is 14.5 Å². The maximum atomic E-state index is 13.0. The molecular weight excluding hydrogens is 505 g/mol. The minimum Gasteiger partial charge on any atom is -0.479 e. The van der Waals surface area contributed by atoms with E-state index in [0.717, 1.165) is 4.57 Å². The van der Waals surface area contributed by atoms with Crippen LogP contribution in [0.4, 0.5) is 0 Å². The molecule has 0 saturated heterocycles. The minimum absolute atomic E-state index is 0.00832. The van der Waals surface area contributed by atoms with E-state index in [4.69, 9.17) is 23.2 Å². The third-order valence-corrected chi connectivity index (χ3v) is 7.23. The molecule has 36 heavy (non-hydrogen) atoms. The van der Waals surface area contributed by atoms with Gasteiger partial charge in [-0.15, -0.1) is 0 Å². The lowest BCUT2D eigenvalue weighted by Crippen LogP contribution is -2.44. The number of para-hydroxylation sites is 1. The second-order valence-electron chi connectivity index (χ2n) is 8.67. The van der Waals surface area contributed by atoms with Crippen LogP contribution >= 0.6 is 23.2 Å². The number of rotatable bonds is 5. The number of carbonyl (C=O) groups is 2. The van der Waals surface area contributed by atoms with Gasteiger partial charge in [0.15, 0.2) is 0 Å². The Balaban J connectivity index is 1.47. The zero-order chi connectivity index (χ0) is 25.8. The molecule has 0 aliphatic heterocycles. The summed E-state index contributed by atoms with van der Waals surface area (Å²) in [5.41, 5.74) is -0.955. The first kappa shape index (κ1) is 23.8. The minimum atomic E-state index is -1.53. The van der Waals surface area contributed by atoms with Crippen molar-refractivity contribution in [2.75, 3.05) is 0 Å². The zero-order valence-corrected chi connectivity index (χ0v) is 20.4. The van der Waals surface area contributed by atoms with Crippen LogP contribution in [0.3, 0.4) is 0 Å². The van der Waals surface area contributed by atoms with E-state index in [1.807, 2.05) is 0 Å². The molecule has 1 amide bonds. The van der Waals surface area contributed by atoms with E-state index in [-0.39, 0.29) is 22.0 Å². The molecule has 0 radical (unpaired) electrons. The monoisotopic (exact) mass is 523 g/mol. The topological polar surface area (TPSA) is 110 Å². The number of nitrogens with one attached hydrogen (secondary N) is 1. The highest BCUT2D eigenvalue weighted by Crippen LogP contribution is 2.52. The lowest BCUT2D eigenvalue weighted by Gasteiger charge is -2.17. The van der Waals surface area contributed by atoms with Gasteiger partial charge in [-0.1, -0.05) is 53.5 Å². The molecule has 1 aliphatic rings. The average Bonchev–Trinajstić information content (AvgIpc) is 3.58. The zero-order valence-electron chi connectivity index (χ0n) is 18.9. The molecule has 4 aromatic rings. The quantitative estimate of drug-likeness (QED) is 0.414. The Kier molecular flexibility index (Phi) is 5.73. The van der Waals surface area contributed by atoms with Crippen LogP contribution in [-0.4, -0.2) is 31.7 Å². The van der Waals surface area contributed by atoms with Crippen LogP contribution in [0.15, 0.2) is 76.3 Å². The second kappa shape index (κ2) is 8.65. The number of carboxylic acid groups (broad SMARTS) is 1. The van der Waals surface area contributed by atoms with Crippen molar-refractivity contribution in [2.24, 2.45) is 7.05 Å². The Labute approximate surface area is 214 Å². The number of amides is 1. The number of aryl methyl sites for hydroxylation is 1. The smallest absolute Gasteiger partial charge is 0.335 e. The molecule has 1 heterocycles. The predicted molar refractivity (Wildman–Crippen MR) is 136 cm³/mol. The number of hydrogen-bond donors (Lipinski definition) is 2. The van der Waals surface area contributed by atoms with E-state index in [9.17, 15) is 24.3 Å². The molecule has 0 bridgehead atoms. The lowest BCUT2D eigenvalue weighted by atomic mass is 10.0. The van der Waals surface area contributed by atoms with Gasteiger partial charge < -0.3 is 10.4 Å². The Morgan fingerprint density at radius 2 is 1.61 bits per heavy atom. The summed E-state index contributed by atoms with van der Waals surface area (Å²) < 4.78 is 2.47. The fraction of sp³-hybridized carbons (Fsp3) is 0.154. The lowest BCUT2D eigenvalue weighted by molar-refractivity contribution is -0.140. The molecule has 5 rings (SSSR count). The standard InChI is InChI=1S/C26H19Cl2N3O5/c1-30-20-8-3-2-5-16(20)23(33)31(25(30)36)15-11-9-14(10-12-15)17-13-26(17,24(34)35)29-22(32)21-18(27)6-4-7-19(21)28/h2-12,17H,13H2,1H3,(H,29,32)(H,34,35)/t17-,26?/m0/s1. The first-order valence-electron chi connectivity index (χ1n) is 11.0. The second-order valence-corrected chi connectivity index (χ2v) is 9.49. The largest absolute Gasteiger partial charge is 0.479 e. The highest BCUT2D eigenvalue weighted by molar-refractivity contribution is 6.39. The number of hydrogen-bond acceptors (Lipinski definition) is 4. The maximum Gasteiger partial charge on any atom is 0.335 e. The molecule has 1 saturated carbocycles. The van der Waals surface area contributed by atoms with Gasteiger partial charge in [-0.2, -0.15) is 0 Å². The van der Waals surface area contributed by atoms with Gasteiger partial charge in [0.2, 0.25) is 0 Å². The van der Waals surface area contributed by atoms with Crippen LogP contribution in [0.5, 0.6) is 0 Å². The number of halogens is 2. The van der Waals surface area contributed by atoms with Crippen molar-refractivity contribution in [3.8, 4) is 5.69 Å². The summed E-state index contributed by atoms with van der Waals surface area (Å²) in [6, 6.07) is 17.9. The molecule has 8 nitrogen and oxygen atoms in total. The third-order valence-electron chi connectivity index (χ3n) is 6.60. The van der Waals surface area contributed by atoms with Crippen molar-refractivity contribution < 1.29 is 14.7 Å². The summed E-state index contributed by atoms with van der Waals surface area (Å²) in [7, 11) is 1.59. The number of aliphatic carboxylic acids is 1. The molecule has 182 valence electrons. The van der Waals surface area contributed by atoms with Crippen LogP contribution < -0.4 is 16.6 Å². The average molecular weight is 524 g/mol. The fourth-order valence-electron chi connectivity index (χ4n) is 4.56. The Bertz CT molecular complexity index is 1660. The van der Waals surface area contributed by atoms with Crippen LogP contribution in [0, 0.1) is 0 Å². The highest BCUT2D eigenvalue weighted by Gasteiger charge is 2.62. The first-order chi connectivity index (χ1) is 17.2. The van der Waals surface area contributed by atoms with Crippen molar-refractivity contribution in [1.29, 1.82) is 0 Å². The van der Waals surface area contributed by atoms with Gasteiger partial charge in [0, 0.05) is 13.0 Å². The summed E-state index contributed by atoms with van der Waals surface area (Å²) >= 11 is 12.2. The third kappa shape index (κ3) is 3.70. The van der Waals surface area contributed by atoms with Gasteiger partial charge in [-0.05, 0) is 48.4 Å². The van der Waals surface area contributed by atoms with E-state index in [1.54, 1.807) is 61.6 Å². The summed E-state index contributed by atoms with van der Waals surface area (Å²) in [5.74, 6) is -2.39. The van der Waals surface area contributed by atoms with Crippen LogP contribution in [0.2, 0.25) is 10.0 Å². The molecule has 1 aliphatic carbocycles. The SMILES string of the molecule is Cn1c(=O)n(-c2ccc([C@@H]3CC3(NC(=O)c3c(Cl)cccc3Cl)C(=O)O)cc2)c(=O)c2ccccc21. The normalized spacial score (nSPS) is 18.7. The molecule has 10 heteroatoms. The number of nitrogens with zero attached hydrogens (tertiary/aromatic N) is 2. The number of fused-ring (bicyclic) bond motifs is 1. The molecule has 1 aromatic heterocycles. The molecule has 0 spiro atoms. The number of benzene rings is 3. The highest BCUT2D eigenvalue weighted by atomic mass is 35.5. The molecular formula is C26H19Cl2N3O5. The van der Waals surface area contributed by atoms with Crippen LogP contribution in [0.1, 0.15) is 28.3 Å². The molecule has 1 unspecified atom stereocenters. The van der Waals surface area contributed by atoms with Crippen LogP contribution in [0.25, 0.3) is 16.6 Å². The van der Waals surface area contributed by atoms with Gasteiger partial charge in [-0.3, -0.25) is 14.2 Å². The molecule has 2 N–H and O–H groups in total. The number of carboxylic acids is 1. The maximum absolute atomic E-state index is 13.0. The van der Waals surface area contributed by atoms with E-state index in [0.29, 0.717) is 22.2 Å². The van der Waals surface area contributed by atoms with E-state index >= 15 is 0 Å². The fourth-order valence-corrected chi connectivity index (χ4v) is 5.13. The molecule has 1 fully saturated rings. The van der Waals surface area contributed by atoms with E-state index < -0.39 is 34.6 Å². The van der Waals surface area contributed by atoms with Gasteiger partial charge in [0.25, 0.3) is 11.5 Å². The van der Waals surface area contributed by atoms with Crippen LogP contribution in [-0.2, 0) is 11.8 Å². The number of carbonyl (C=O) groups excluding carboxylic acids is 1. The molecule has 3 aromatic carbocycles. The Morgan fingerprint density at radius 3 is 2.25 bits per heavy atom. The van der Waals surface area contributed by atoms with Crippen molar-refractivity contribution >= 4 is 46.0 Å².